The number of carbonyl (C=O) groups is 1. The van der Waals surface area contributed by atoms with E-state index >= 15 is 0 Å². The van der Waals surface area contributed by atoms with E-state index in [0.29, 0.717) is 15.6 Å². The molecular weight excluding hydrogens is 344 g/mol. The molecule has 0 radical (unpaired) electrons. The summed E-state index contributed by atoms with van der Waals surface area (Å²) in [5, 5.41) is 3.91. The number of hydrogen-bond donors (Lipinski definition) is 1. The van der Waals surface area contributed by atoms with Crippen LogP contribution in [0.15, 0.2) is 36.4 Å². The van der Waals surface area contributed by atoms with E-state index in [1.54, 1.807) is 18.2 Å². The zero-order chi connectivity index (χ0) is 16.5. The number of carbonyl (C=O) groups excluding carboxylic acids is 1. The van der Waals surface area contributed by atoms with Crippen molar-refractivity contribution in [3.05, 3.63) is 46.3 Å². The van der Waals surface area contributed by atoms with Crippen molar-refractivity contribution in [2.24, 2.45) is 5.92 Å². The van der Waals surface area contributed by atoms with E-state index in [2.05, 4.69) is 10.2 Å². The standard InChI is InChI=1S/C18H19ClN2O2S/c19-16-5-6-17(24-16)23-15-3-1-13(2-4-15)18(22)20-14-9-12-7-8-21(10-12)11-14/h1-6,12,14H,7-11H2,(H,20,22)/t12-,14+/m0/s1. The van der Waals surface area contributed by atoms with Crippen molar-refractivity contribution >= 4 is 28.8 Å². The maximum atomic E-state index is 12.4. The molecule has 1 N–H and O–H groups in total. The number of fused-ring (bicyclic) bond motifs is 2. The van der Waals surface area contributed by atoms with Crippen LogP contribution in [0.5, 0.6) is 10.8 Å². The van der Waals surface area contributed by atoms with Crippen molar-refractivity contribution in [2.75, 3.05) is 19.6 Å². The normalized spacial score (nSPS) is 25.5. The van der Waals surface area contributed by atoms with Gasteiger partial charge in [0.25, 0.3) is 5.91 Å². The summed E-state index contributed by atoms with van der Waals surface area (Å²) in [6.45, 7) is 3.35. The number of halogens is 1. The van der Waals surface area contributed by atoms with Gasteiger partial charge in [-0.2, -0.15) is 0 Å². The van der Waals surface area contributed by atoms with Crippen LogP contribution in [0.25, 0.3) is 0 Å². The van der Waals surface area contributed by atoms with Gasteiger partial charge in [0, 0.05) is 24.7 Å². The number of benzene rings is 1. The van der Waals surface area contributed by atoms with Gasteiger partial charge in [0.15, 0.2) is 5.06 Å². The van der Waals surface area contributed by atoms with E-state index in [1.807, 2.05) is 18.2 Å². The molecule has 2 aliphatic heterocycles. The summed E-state index contributed by atoms with van der Waals surface area (Å²) in [6.07, 6.45) is 2.37. The van der Waals surface area contributed by atoms with Gasteiger partial charge in [-0.25, -0.2) is 0 Å². The van der Waals surface area contributed by atoms with Crippen molar-refractivity contribution in [1.29, 1.82) is 0 Å². The predicted molar refractivity (Wildman–Crippen MR) is 96.3 cm³/mol. The molecule has 4 rings (SSSR count). The van der Waals surface area contributed by atoms with E-state index in [-0.39, 0.29) is 11.9 Å². The highest BCUT2D eigenvalue weighted by Crippen LogP contribution is 2.32. The topological polar surface area (TPSA) is 41.6 Å². The Hall–Kier alpha value is -1.56. The van der Waals surface area contributed by atoms with Gasteiger partial charge < -0.3 is 15.0 Å². The Morgan fingerprint density at radius 1 is 1.21 bits per heavy atom. The third-order valence-electron chi connectivity index (χ3n) is 4.69. The molecule has 0 saturated carbocycles. The lowest BCUT2D eigenvalue weighted by Gasteiger charge is -2.30. The first-order valence-electron chi connectivity index (χ1n) is 8.22. The zero-order valence-corrected chi connectivity index (χ0v) is 14.8. The molecule has 2 bridgehead atoms. The Labute approximate surface area is 150 Å². The maximum absolute atomic E-state index is 12.4. The van der Waals surface area contributed by atoms with Crippen LogP contribution in [0.2, 0.25) is 4.34 Å². The number of piperidine rings is 1. The second-order valence-electron chi connectivity index (χ2n) is 6.51. The molecule has 0 aliphatic carbocycles. The highest BCUT2D eigenvalue weighted by Gasteiger charge is 2.32. The van der Waals surface area contributed by atoms with Gasteiger partial charge >= 0.3 is 0 Å². The molecule has 4 nitrogen and oxygen atoms in total. The van der Waals surface area contributed by atoms with Crippen LogP contribution in [0.3, 0.4) is 0 Å². The Bertz CT molecular complexity index is 719. The van der Waals surface area contributed by atoms with Crippen LogP contribution in [0.4, 0.5) is 0 Å². The molecule has 6 heteroatoms. The van der Waals surface area contributed by atoms with Crippen molar-refractivity contribution in [2.45, 2.75) is 18.9 Å². The van der Waals surface area contributed by atoms with Gasteiger partial charge in [-0.15, -0.1) is 0 Å². The van der Waals surface area contributed by atoms with Gasteiger partial charge in [0.05, 0.1) is 4.34 Å². The number of rotatable bonds is 4. The summed E-state index contributed by atoms with van der Waals surface area (Å²) in [7, 11) is 0. The molecule has 2 saturated heterocycles. The number of ether oxygens (including phenoxy) is 1. The van der Waals surface area contributed by atoms with Gasteiger partial charge in [-0.1, -0.05) is 22.9 Å². The Balaban J connectivity index is 1.36. The monoisotopic (exact) mass is 362 g/mol. The lowest BCUT2D eigenvalue weighted by Crippen LogP contribution is -2.46. The summed E-state index contributed by atoms with van der Waals surface area (Å²) in [4.78, 5) is 14.9. The van der Waals surface area contributed by atoms with E-state index in [0.717, 1.165) is 23.9 Å². The van der Waals surface area contributed by atoms with Crippen LogP contribution in [-0.4, -0.2) is 36.5 Å². The fourth-order valence-electron chi connectivity index (χ4n) is 3.58. The van der Waals surface area contributed by atoms with Gasteiger partial charge in [0.2, 0.25) is 0 Å². The number of amides is 1. The number of hydrogen-bond acceptors (Lipinski definition) is 4. The second kappa shape index (κ2) is 6.75. The molecule has 0 spiro atoms. The minimum atomic E-state index is -0.00628. The minimum Gasteiger partial charge on any atom is -0.447 e. The molecule has 3 heterocycles. The fraction of sp³-hybridized carbons (Fsp3) is 0.389. The molecule has 1 unspecified atom stereocenters. The van der Waals surface area contributed by atoms with E-state index < -0.39 is 0 Å². The summed E-state index contributed by atoms with van der Waals surface area (Å²) in [5.41, 5.74) is 0.666. The van der Waals surface area contributed by atoms with Crippen molar-refractivity contribution < 1.29 is 9.53 Å². The predicted octanol–water partition coefficient (Wildman–Crippen LogP) is 4.02. The third kappa shape index (κ3) is 3.58. The molecule has 1 aromatic heterocycles. The first-order chi connectivity index (χ1) is 11.7. The van der Waals surface area contributed by atoms with E-state index in [1.165, 1.54) is 30.8 Å². The lowest BCUT2D eigenvalue weighted by molar-refractivity contribution is 0.0909. The first kappa shape index (κ1) is 15.9. The summed E-state index contributed by atoms with van der Waals surface area (Å²) in [5.74, 6) is 1.44. The van der Waals surface area contributed by atoms with Crippen molar-refractivity contribution in [3.63, 3.8) is 0 Å². The third-order valence-corrected chi connectivity index (χ3v) is 5.79. The number of nitrogens with one attached hydrogen (secondary N) is 1. The van der Waals surface area contributed by atoms with Crippen molar-refractivity contribution in [1.82, 2.24) is 10.2 Å². The number of nitrogens with zero attached hydrogens (tertiary/aromatic N) is 1. The molecule has 3 atom stereocenters. The quantitative estimate of drug-likeness (QED) is 0.893. The molecular formula is C18H19ClN2O2S. The van der Waals surface area contributed by atoms with Crippen LogP contribution < -0.4 is 10.1 Å². The summed E-state index contributed by atoms with van der Waals surface area (Å²) >= 11 is 7.28. The van der Waals surface area contributed by atoms with Crippen LogP contribution in [0, 0.1) is 5.92 Å². The van der Waals surface area contributed by atoms with Gasteiger partial charge in [0.1, 0.15) is 5.75 Å². The van der Waals surface area contributed by atoms with Crippen LogP contribution in [-0.2, 0) is 0 Å². The summed E-state index contributed by atoms with van der Waals surface area (Å²) in [6, 6.07) is 11.1. The molecule has 2 aliphatic rings. The molecule has 1 amide bonds. The summed E-state index contributed by atoms with van der Waals surface area (Å²) < 4.78 is 6.41. The highest BCUT2D eigenvalue weighted by atomic mass is 35.5. The van der Waals surface area contributed by atoms with Gasteiger partial charge in [-0.3, -0.25) is 4.79 Å². The molecule has 2 aromatic rings. The average Bonchev–Trinajstić information content (AvgIpc) is 3.13. The minimum absolute atomic E-state index is 0.00628. The Morgan fingerprint density at radius 2 is 2.04 bits per heavy atom. The van der Waals surface area contributed by atoms with E-state index in [4.69, 9.17) is 16.3 Å². The van der Waals surface area contributed by atoms with Crippen LogP contribution >= 0.6 is 22.9 Å². The SMILES string of the molecule is O=C(N[C@@H]1C[C@@H]2CCN(C2)C1)c1ccc(Oc2ccc(Cl)s2)cc1. The van der Waals surface area contributed by atoms with Gasteiger partial charge in [-0.05, 0) is 61.7 Å². The second-order valence-corrected chi connectivity index (χ2v) is 8.18. The Kier molecular flexibility index (Phi) is 4.48. The zero-order valence-electron chi connectivity index (χ0n) is 13.2. The van der Waals surface area contributed by atoms with E-state index in [9.17, 15) is 4.79 Å². The number of thiophene rings is 1. The Morgan fingerprint density at radius 3 is 2.75 bits per heavy atom. The smallest absolute Gasteiger partial charge is 0.251 e. The molecule has 24 heavy (non-hydrogen) atoms. The molecule has 2 fully saturated rings. The average molecular weight is 363 g/mol. The largest absolute Gasteiger partial charge is 0.447 e. The fourth-order valence-corrected chi connectivity index (χ4v) is 4.47. The first-order valence-corrected chi connectivity index (χ1v) is 9.41. The lowest BCUT2D eigenvalue weighted by atomic mass is 9.96. The van der Waals surface area contributed by atoms with Crippen molar-refractivity contribution in [3.8, 4) is 10.8 Å². The maximum Gasteiger partial charge on any atom is 0.251 e. The highest BCUT2D eigenvalue weighted by molar-refractivity contribution is 7.17. The molecule has 126 valence electrons. The molecule has 1 aromatic carbocycles. The van der Waals surface area contributed by atoms with Crippen LogP contribution in [0.1, 0.15) is 23.2 Å².